The molecule has 0 spiro atoms. The molecular weight excluding hydrogens is 328 g/mol. The van der Waals surface area contributed by atoms with Gasteiger partial charge < -0.3 is 20.9 Å². The molecule has 0 radical (unpaired) electrons. The largest absolute Gasteiger partial charge is 0.356 e. The lowest BCUT2D eigenvalue weighted by atomic mass is 9.85. The molecule has 2 amide bonds. The monoisotopic (exact) mass is 364 g/mol. The first-order chi connectivity index (χ1) is 12.7. The number of amides is 2. The Hall–Kier alpha value is -1.14. The number of carbonyl (C=O) groups is 2. The van der Waals surface area contributed by atoms with Crippen molar-refractivity contribution in [3.05, 3.63) is 0 Å². The van der Waals surface area contributed by atoms with Crippen LogP contribution in [0.1, 0.15) is 57.8 Å². The molecule has 0 unspecified atom stereocenters. The predicted octanol–water partition coefficient (Wildman–Crippen LogP) is 1.26. The molecule has 3 rings (SSSR count). The molecule has 3 N–H and O–H groups in total. The fourth-order valence-corrected chi connectivity index (χ4v) is 4.60. The second-order valence-electron chi connectivity index (χ2n) is 8.27. The lowest BCUT2D eigenvalue weighted by Crippen LogP contribution is -2.44. The summed E-state index contributed by atoms with van der Waals surface area (Å²) in [5.41, 5.74) is 0. The standard InChI is InChI=1S/C20H36N4O2/c25-19(22-10-3-13-24-14-11-21-12-15-24)17-6-8-18(9-7-17)23-20(26)16-4-1-2-5-16/h16-18,21H,1-15H2,(H,22,25)(H,23,26). The average Bonchev–Trinajstić information content (AvgIpc) is 3.21. The van der Waals surface area contributed by atoms with E-state index in [0.29, 0.717) is 0 Å². The van der Waals surface area contributed by atoms with Crippen LogP contribution in [0.2, 0.25) is 0 Å². The van der Waals surface area contributed by atoms with Gasteiger partial charge in [0.2, 0.25) is 11.8 Å². The molecule has 6 nitrogen and oxygen atoms in total. The highest BCUT2D eigenvalue weighted by Gasteiger charge is 2.29. The lowest BCUT2D eigenvalue weighted by molar-refractivity contribution is -0.126. The SMILES string of the molecule is O=C(NCCCN1CCNCC1)C1CCC(NC(=O)C2CCCC2)CC1. The number of piperazine rings is 1. The number of carbonyl (C=O) groups excluding carboxylic acids is 2. The molecule has 2 saturated carbocycles. The van der Waals surface area contributed by atoms with Crippen LogP contribution >= 0.6 is 0 Å². The zero-order valence-corrected chi connectivity index (χ0v) is 16.1. The van der Waals surface area contributed by atoms with Gasteiger partial charge in [-0.15, -0.1) is 0 Å². The molecule has 0 aromatic carbocycles. The van der Waals surface area contributed by atoms with E-state index in [9.17, 15) is 9.59 Å². The molecular formula is C20H36N4O2. The highest BCUT2D eigenvalue weighted by Crippen LogP contribution is 2.27. The minimum absolute atomic E-state index is 0.133. The van der Waals surface area contributed by atoms with Gasteiger partial charge in [-0.25, -0.2) is 0 Å². The van der Waals surface area contributed by atoms with Crippen molar-refractivity contribution in [2.45, 2.75) is 63.8 Å². The van der Waals surface area contributed by atoms with E-state index in [1.165, 1.54) is 12.8 Å². The fourth-order valence-electron chi connectivity index (χ4n) is 4.60. The van der Waals surface area contributed by atoms with Gasteiger partial charge in [0.05, 0.1) is 0 Å². The zero-order valence-electron chi connectivity index (χ0n) is 16.1. The third-order valence-electron chi connectivity index (χ3n) is 6.33. The summed E-state index contributed by atoms with van der Waals surface area (Å²) >= 11 is 0. The van der Waals surface area contributed by atoms with Crippen LogP contribution in [0.15, 0.2) is 0 Å². The number of hydrogen-bond donors (Lipinski definition) is 3. The van der Waals surface area contributed by atoms with E-state index in [1.807, 2.05) is 0 Å². The molecule has 0 aromatic rings. The van der Waals surface area contributed by atoms with Crippen molar-refractivity contribution in [1.82, 2.24) is 20.9 Å². The van der Waals surface area contributed by atoms with E-state index in [2.05, 4.69) is 20.9 Å². The molecule has 0 aromatic heterocycles. The first-order valence-electron chi connectivity index (χ1n) is 10.7. The Labute approximate surface area is 157 Å². The summed E-state index contributed by atoms with van der Waals surface area (Å²) < 4.78 is 0. The van der Waals surface area contributed by atoms with Crippen LogP contribution in [-0.4, -0.2) is 62.0 Å². The van der Waals surface area contributed by atoms with Gasteiger partial charge in [-0.05, 0) is 51.5 Å². The molecule has 26 heavy (non-hydrogen) atoms. The van der Waals surface area contributed by atoms with Crippen molar-refractivity contribution in [2.75, 3.05) is 39.3 Å². The van der Waals surface area contributed by atoms with Crippen molar-refractivity contribution < 1.29 is 9.59 Å². The summed E-state index contributed by atoms with van der Waals surface area (Å²) in [5.74, 6) is 0.842. The highest BCUT2D eigenvalue weighted by molar-refractivity contribution is 5.80. The smallest absolute Gasteiger partial charge is 0.223 e. The van der Waals surface area contributed by atoms with Crippen molar-refractivity contribution in [2.24, 2.45) is 11.8 Å². The van der Waals surface area contributed by atoms with Gasteiger partial charge >= 0.3 is 0 Å². The van der Waals surface area contributed by atoms with Gasteiger partial charge in [0.15, 0.2) is 0 Å². The quantitative estimate of drug-likeness (QED) is 0.595. The van der Waals surface area contributed by atoms with Crippen LogP contribution in [0.3, 0.4) is 0 Å². The molecule has 1 heterocycles. The maximum Gasteiger partial charge on any atom is 0.223 e. The Morgan fingerprint density at radius 1 is 0.885 bits per heavy atom. The van der Waals surface area contributed by atoms with Crippen molar-refractivity contribution in [3.63, 3.8) is 0 Å². The van der Waals surface area contributed by atoms with Gasteiger partial charge in [-0.2, -0.15) is 0 Å². The molecule has 1 saturated heterocycles. The predicted molar refractivity (Wildman–Crippen MR) is 103 cm³/mol. The third-order valence-corrected chi connectivity index (χ3v) is 6.33. The van der Waals surface area contributed by atoms with Crippen molar-refractivity contribution in [3.8, 4) is 0 Å². The van der Waals surface area contributed by atoms with Crippen LogP contribution in [0.5, 0.6) is 0 Å². The van der Waals surface area contributed by atoms with Crippen LogP contribution in [-0.2, 0) is 9.59 Å². The molecule has 148 valence electrons. The van der Waals surface area contributed by atoms with E-state index >= 15 is 0 Å². The van der Waals surface area contributed by atoms with Crippen molar-refractivity contribution in [1.29, 1.82) is 0 Å². The summed E-state index contributed by atoms with van der Waals surface area (Å²) in [7, 11) is 0. The van der Waals surface area contributed by atoms with E-state index in [-0.39, 0.29) is 29.7 Å². The first-order valence-corrected chi connectivity index (χ1v) is 10.7. The number of nitrogens with one attached hydrogen (secondary N) is 3. The second-order valence-corrected chi connectivity index (χ2v) is 8.27. The molecule has 1 aliphatic heterocycles. The molecule has 3 aliphatic rings. The minimum atomic E-state index is 0.133. The summed E-state index contributed by atoms with van der Waals surface area (Å²) in [6.45, 7) is 6.23. The summed E-state index contributed by atoms with van der Waals surface area (Å²) in [6.07, 6.45) is 9.21. The molecule has 6 heteroatoms. The van der Waals surface area contributed by atoms with Crippen LogP contribution in [0.4, 0.5) is 0 Å². The van der Waals surface area contributed by atoms with Gasteiger partial charge in [0, 0.05) is 50.6 Å². The summed E-state index contributed by atoms with van der Waals surface area (Å²) in [6, 6.07) is 0.278. The molecule has 0 bridgehead atoms. The maximum absolute atomic E-state index is 12.4. The summed E-state index contributed by atoms with van der Waals surface area (Å²) in [5, 5.41) is 9.71. The Morgan fingerprint density at radius 2 is 1.54 bits per heavy atom. The van der Waals surface area contributed by atoms with Gasteiger partial charge in [0.1, 0.15) is 0 Å². The normalized spacial score (nSPS) is 28.0. The third kappa shape index (κ3) is 5.95. The van der Waals surface area contributed by atoms with Crippen LogP contribution in [0, 0.1) is 11.8 Å². The lowest BCUT2D eigenvalue weighted by Gasteiger charge is -2.29. The van der Waals surface area contributed by atoms with E-state index in [0.717, 1.165) is 84.2 Å². The zero-order chi connectivity index (χ0) is 18.2. The van der Waals surface area contributed by atoms with E-state index in [1.54, 1.807) is 0 Å². The van der Waals surface area contributed by atoms with Crippen LogP contribution in [0.25, 0.3) is 0 Å². The highest BCUT2D eigenvalue weighted by atomic mass is 16.2. The average molecular weight is 365 g/mol. The molecule has 0 atom stereocenters. The van der Waals surface area contributed by atoms with Gasteiger partial charge in [0.25, 0.3) is 0 Å². The Morgan fingerprint density at radius 3 is 2.23 bits per heavy atom. The second kappa shape index (κ2) is 10.3. The first kappa shape index (κ1) is 19.6. The van der Waals surface area contributed by atoms with E-state index in [4.69, 9.17) is 0 Å². The Bertz CT molecular complexity index is 451. The van der Waals surface area contributed by atoms with Gasteiger partial charge in [-0.3, -0.25) is 9.59 Å². The van der Waals surface area contributed by atoms with Gasteiger partial charge in [-0.1, -0.05) is 12.8 Å². The number of nitrogens with zero attached hydrogens (tertiary/aromatic N) is 1. The molecule has 2 aliphatic carbocycles. The maximum atomic E-state index is 12.4. The molecule has 3 fully saturated rings. The number of hydrogen-bond acceptors (Lipinski definition) is 4. The fraction of sp³-hybridized carbons (Fsp3) is 0.900. The Balaban J connectivity index is 1.26. The number of rotatable bonds is 7. The minimum Gasteiger partial charge on any atom is -0.356 e. The topological polar surface area (TPSA) is 73.5 Å². The Kier molecular flexibility index (Phi) is 7.74. The van der Waals surface area contributed by atoms with Crippen LogP contribution < -0.4 is 16.0 Å². The van der Waals surface area contributed by atoms with E-state index < -0.39 is 0 Å². The summed E-state index contributed by atoms with van der Waals surface area (Å²) in [4.78, 5) is 27.1. The van der Waals surface area contributed by atoms with Crippen molar-refractivity contribution >= 4 is 11.8 Å².